The third-order valence-electron chi connectivity index (χ3n) is 4.70. The molecule has 0 aliphatic rings. The Morgan fingerprint density at radius 1 is 1.19 bits per heavy atom. The molecule has 1 N–H and O–H groups in total. The lowest BCUT2D eigenvalue weighted by Crippen LogP contribution is -2.47. The first-order valence-electron chi connectivity index (χ1n) is 8.92. The predicted molar refractivity (Wildman–Crippen MR) is 106 cm³/mol. The standard InChI is InChI=1S/C20H28BrN3O2/c1-13(2)20(6,14-7-9-15(21)10-8-14)23-16(25)11-12-17-22-18(24-26-17)19(3,4)5/h7-10,13H,11-12H2,1-6H3,(H,23,25)/t20-/m0/s1. The van der Waals surface area contributed by atoms with Crippen molar-refractivity contribution < 1.29 is 9.32 Å². The molecule has 0 aliphatic heterocycles. The number of amides is 1. The Bertz CT molecular complexity index is 747. The average molecular weight is 422 g/mol. The number of nitrogens with one attached hydrogen (secondary N) is 1. The molecule has 1 aromatic carbocycles. The van der Waals surface area contributed by atoms with Crippen molar-refractivity contribution in [2.45, 2.75) is 65.3 Å². The lowest BCUT2D eigenvalue weighted by Gasteiger charge is -2.35. The van der Waals surface area contributed by atoms with E-state index >= 15 is 0 Å². The Morgan fingerprint density at radius 3 is 2.31 bits per heavy atom. The summed E-state index contributed by atoms with van der Waals surface area (Å²) >= 11 is 3.46. The van der Waals surface area contributed by atoms with E-state index in [0.29, 0.717) is 24.6 Å². The summed E-state index contributed by atoms with van der Waals surface area (Å²) in [5.74, 6) is 1.37. The van der Waals surface area contributed by atoms with Crippen molar-refractivity contribution in [2.24, 2.45) is 5.92 Å². The molecule has 1 heterocycles. The van der Waals surface area contributed by atoms with Crippen molar-refractivity contribution in [1.29, 1.82) is 0 Å². The van der Waals surface area contributed by atoms with E-state index in [4.69, 9.17) is 4.52 Å². The molecule has 1 atom stereocenters. The van der Waals surface area contributed by atoms with Crippen LogP contribution in [0, 0.1) is 5.92 Å². The minimum Gasteiger partial charge on any atom is -0.347 e. The molecule has 26 heavy (non-hydrogen) atoms. The molecule has 142 valence electrons. The van der Waals surface area contributed by atoms with Crippen LogP contribution >= 0.6 is 15.9 Å². The van der Waals surface area contributed by atoms with Crippen molar-refractivity contribution >= 4 is 21.8 Å². The van der Waals surface area contributed by atoms with Crippen molar-refractivity contribution in [3.63, 3.8) is 0 Å². The SMILES string of the molecule is CC(C)[C@](C)(NC(=O)CCc1nc(C(C)(C)C)no1)c1ccc(Br)cc1. The second kappa shape index (κ2) is 7.91. The van der Waals surface area contributed by atoms with Crippen LogP contribution in [0.5, 0.6) is 0 Å². The first-order chi connectivity index (χ1) is 12.0. The molecule has 1 aromatic heterocycles. The lowest BCUT2D eigenvalue weighted by molar-refractivity contribution is -0.123. The van der Waals surface area contributed by atoms with E-state index < -0.39 is 5.54 Å². The molecule has 0 unspecified atom stereocenters. The zero-order valence-corrected chi connectivity index (χ0v) is 18.0. The van der Waals surface area contributed by atoms with Crippen LogP contribution in [0.25, 0.3) is 0 Å². The summed E-state index contributed by atoms with van der Waals surface area (Å²) in [6, 6.07) is 8.07. The summed E-state index contributed by atoms with van der Waals surface area (Å²) in [7, 11) is 0. The van der Waals surface area contributed by atoms with Gasteiger partial charge in [-0.3, -0.25) is 4.79 Å². The van der Waals surface area contributed by atoms with Gasteiger partial charge in [-0.1, -0.05) is 67.8 Å². The Balaban J connectivity index is 2.04. The largest absolute Gasteiger partial charge is 0.347 e. The van der Waals surface area contributed by atoms with Crippen LogP contribution in [0.2, 0.25) is 0 Å². The molecule has 0 saturated heterocycles. The Labute approximate surface area is 164 Å². The van der Waals surface area contributed by atoms with Crippen molar-refractivity contribution in [3.8, 4) is 0 Å². The smallest absolute Gasteiger partial charge is 0.227 e. The molecule has 5 nitrogen and oxygen atoms in total. The van der Waals surface area contributed by atoms with E-state index in [2.05, 4.69) is 52.2 Å². The third-order valence-corrected chi connectivity index (χ3v) is 5.23. The van der Waals surface area contributed by atoms with Gasteiger partial charge in [0.25, 0.3) is 0 Å². The molecular weight excluding hydrogens is 394 g/mol. The zero-order valence-electron chi connectivity index (χ0n) is 16.4. The van der Waals surface area contributed by atoms with Gasteiger partial charge in [0.05, 0.1) is 5.54 Å². The molecule has 0 radical (unpaired) electrons. The molecule has 0 saturated carbocycles. The maximum absolute atomic E-state index is 12.6. The molecular formula is C20H28BrN3O2. The van der Waals surface area contributed by atoms with Gasteiger partial charge in [0.15, 0.2) is 5.82 Å². The Morgan fingerprint density at radius 2 is 1.81 bits per heavy atom. The fraction of sp³-hybridized carbons (Fsp3) is 0.550. The topological polar surface area (TPSA) is 68.0 Å². The summed E-state index contributed by atoms with van der Waals surface area (Å²) in [6.45, 7) is 12.4. The normalized spacial score (nSPS) is 14.3. The maximum Gasteiger partial charge on any atom is 0.227 e. The zero-order chi connectivity index (χ0) is 19.5. The summed E-state index contributed by atoms with van der Waals surface area (Å²) in [5, 5.41) is 7.19. The van der Waals surface area contributed by atoms with Crippen LogP contribution < -0.4 is 5.32 Å². The van der Waals surface area contributed by atoms with Crippen molar-refractivity contribution in [1.82, 2.24) is 15.5 Å². The van der Waals surface area contributed by atoms with Gasteiger partial charge in [0, 0.05) is 22.7 Å². The van der Waals surface area contributed by atoms with Gasteiger partial charge < -0.3 is 9.84 Å². The van der Waals surface area contributed by atoms with Gasteiger partial charge in [0.1, 0.15) is 0 Å². The summed E-state index contributed by atoms with van der Waals surface area (Å²) in [5.41, 5.74) is 0.474. The van der Waals surface area contributed by atoms with Gasteiger partial charge in [-0.25, -0.2) is 0 Å². The van der Waals surface area contributed by atoms with Crippen molar-refractivity contribution in [3.05, 3.63) is 46.0 Å². The van der Waals surface area contributed by atoms with Gasteiger partial charge in [-0.05, 0) is 30.5 Å². The van der Waals surface area contributed by atoms with Gasteiger partial charge in [0.2, 0.25) is 11.8 Å². The van der Waals surface area contributed by atoms with E-state index in [1.807, 2.05) is 45.0 Å². The summed E-state index contributed by atoms with van der Waals surface area (Å²) in [4.78, 5) is 17.0. The van der Waals surface area contributed by atoms with Crippen molar-refractivity contribution in [2.75, 3.05) is 0 Å². The first-order valence-corrected chi connectivity index (χ1v) is 9.72. The van der Waals surface area contributed by atoms with Crippen LogP contribution in [0.15, 0.2) is 33.3 Å². The quantitative estimate of drug-likeness (QED) is 0.730. The highest BCUT2D eigenvalue weighted by Crippen LogP contribution is 2.30. The number of benzene rings is 1. The molecule has 0 bridgehead atoms. The Kier molecular flexibility index (Phi) is 6.27. The maximum atomic E-state index is 12.6. The second-order valence-electron chi connectivity index (χ2n) is 8.17. The molecule has 6 heteroatoms. The average Bonchev–Trinajstić information content (AvgIpc) is 3.02. The third kappa shape index (κ3) is 4.93. The molecule has 0 aliphatic carbocycles. The van der Waals surface area contributed by atoms with E-state index in [-0.39, 0.29) is 17.2 Å². The number of carbonyl (C=O) groups excluding carboxylic acids is 1. The number of rotatable bonds is 6. The number of hydrogen-bond acceptors (Lipinski definition) is 4. The lowest BCUT2D eigenvalue weighted by atomic mass is 9.81. The van der Waals surface area contributed by atoms with Crippen LogP contribution in [0.4, 0.5) is 0 Å². The number of aromatic nitrogens is 2. The molecule has 0 fully saturated rings. The fourth-order valence-corrected chi connectivity index (χ4v) is 2.84. The minimum atomic E-state index is -0.441. The van der Waals surface area contributed by atoms with E-state index in [0.717, 1.165) is 10.0 Å². The van der Waals surface area contributed by atoms with E-state index in [9.17, 15) is 4.79 Å². The molecule has 1 amide bonds. The van der Waals surface area contributed by atoms with E-state index in [1.165, 1.54) is 0 Å². The fourth-order valence-electron chi connectivity index (χ4n) is 2.58. The minimum absolute atomic E-state index is 0.0281. The van der Waals surface area contributed by atoms with Gasteiger partial charge >= 0.3 is 0 Å². The van der Waals surface area contributed by atoms with Crippen LogP contribution in [-0.4, -0.2) is 16.0 Å². The number of hydrogen-bond donors (Lipinski definition) is 1. The highest BCUT2D eigenvalue weighted by atomic mass is 79.9. The Hall–Kier alpha value is -1.69. The molecule has 2 rings (SSSR count). The van der Waals surface area contributed by atoms with Crippen LogP contribution in [-0.2, 0) is 22.2 Å². The predicted octanol–water partition coefficient (Wildman–Crippen LogP) is 4.75. The second-order valence-corrected chi connectivity index (χ2v) is 9.09. The summed E-state index contributed by atoms with van der Waals surface area (Å²) < 4.78 is 6.29. The highest BCUT2D eigenvalue weighted by Gasteiger charge is 2.32. The molecule has 0 spiro atoms. The highest BCUT2D eigenvalue weighted by molar-refractivity contribution is 9.10. The van der Waals surface area contributed by atoms with E-state index in [1.54, 1.807) is 0 Å². The number of carbonyl (C=O) groups is 1. The number of halogens is 1. The number of aryl methyl sites for hydroxylation is 1. The van der Waals surface area contributed by atoms with Crippen LogP contribution in [0.1, 0.15) is 65.2 Å². The molecule has 2 aromatic rings. The van der Waals surface area contributed by atoms with Gasteiger partial charge in [-0.15, -0.1) is 0 Å². The van der Waals surface area contributed by atoms with Gasteiger partial charge in [-0.2, -0.15) is 4.98 Å². The van der Waals surface area contributed by atoms with Crippen LogP contribution in [0.3, 0.4) is 0 Å². The monoisotopic (exact) mass is 421 g/mol. The number of nitrogens with zero attached hydrogens (tertiary/aromatic N) is 2. The summed E-state index contributed by atoms with van der Waals surface area (Å²) in [6.07, 6.45) is 0.744. The first kappa shape index (κ1) is 20.6.